The minimum Gasteiger partial charge on any atom is -0.352 e. The first-order chi connectivity index (χ1) is 5.59. The van der Waals surface area contributed by atoms with Gasteiger partial charge in [0.25, 0.3) is 0 Å². The molecule has 3 heteroatoms. The smallest absolute Gasteiger partial charge is 0.238 e. The van der Waals surface area contributed by atoms with Gasteiger partial charge in [0.1, 0.15) is 5.38 Å². The Labute approximate surface area is 78.7 Å². The first-order valence-electron chi connectivity index (χ1n) is 4.54. The average Bonchev–Trinajstić information content (AvgIpc) is 2.70. The predicted molar refractivity (Wildman–Crippen MR) is 50.3 cm³/mol. The van der Waals surface area contributed by atoms with Crippen LogP contribution in [0.2, 0.25) is 0 Å². The molecule has 1 atom stereocenters. The molecule has 0 aromatic rings. The fraction of sp³-hybridized carbons (Fsp3) is 0.889. The summed E-state index contributed by atoms with van der Waals surface area (Å²) in [5.74, 6) is 0.491. The lowest BCUT2D eigenvalue weighted by Crippen LogP contribution is -2.33. The molecule has 0 heterocycles. The molecule has 1 fully saturated rings. The van der Waals surface area contributed by atoms with Crippen LogP contribution in [0, 0.1) is 5.92 Å². The molecule has 1 unspecified atom stereocenters. The Morgan fingerprint density at radius 3 is 2.58 bits per heavy atom. The maximum absolute atomic E-state index is 11.3. The number of amides is 1. The largest absolute Gasteiger partial charge is 0.352 e. The fourth-order valence-corrected chi connectivity index (χ4v) is 1.46. The molecule has 0 bridgehead atoms. The zero-order valence-corrected chi connectivity index (χ0v) is 8.40. The molecule has 0 radical (unpaired) electrons. The third-order valence-corrected chi connectivity index (χ3v) is 2.26. The molecule has 1 rings (SSSR count). The fourth-order valence-electron chi connectivity index (χ4n) is 1.04. The van der Waals surface area contributed by atoms with Crippen molar-refractivity contribution in [2.75, 3.05) is 0 Å². The Bertz CT molecular complexity index is 166. The molecule has 1 aliphatic rings. The van der Waals surface area contributed by atoms with E-state index in [0.29, 0.717) is 12.0 Å². The van der Waals surface area contributed by atoms with Gasteiger partial charge >= 0.3 is 0 Å². The first kappa shape index (κ1) is 9.85. The number of hydrogen-bond donors (Lipinski definition) is 1. The molecule has 70 valence electrons. The van der Waals surface area contributed by atoms with Gasteiger partial charge < -0.3 is 5.32 Å². The van der Waals surface area contributed by atoms with Gasteiger partial charge in [-0.1, -0.05) is 13.8 Å². The maximum atomic E-state index is 11.3. The van der Waals surface area contributed by atoms with Crippen molar-refractivity contribution >= 4 is 17.5 Å². The highest BCUT2D eigenvalue weighted by Crippen LogP contribution is 2.20. The molecule has 1 aliphatic carbocycles. The van der Waals surface area contributed by atoms with Crippen LogP contribution in [0.3, 0.4) is 0 Å². The van der Waals surface area contributed by atoms with Gasteiger partial charge in [-0.25, -0.2) is 0 Å². The summed E-state index contributed by atoms with van der Waals surface area (Å²) in [7, 11) is 0. The van der Waals surface area contributed by atoms with Gasteiger partial charge in [-0.2, -0.15) is 0 Å². The number of rotatable bonds is 4. The first-order valence-corrected chi connectivity index (χ1v) is 4.97. The quantitative estimate of drug-likeness (QED) is 0.673. The molecule has 0 saturated heterocycles. The highest BCUT2D eigenvalue weighted by molar-refractivity contribution is 6.30. The van der Waals surface area contributed by atoms with Gasteiger partial charge in [0.05, 0.1) is 0 Å². The zero-order chi connectivity index (χ0) is 9.14. The van der Waals surface area contributed by atoms with Crippen LogP contribution in [0.5, 0.6) is 0 Å². The summed E-state index contributed by atoms with van der Waals surface area (Å²) in [6.45, 7) is 4.14. The predicted octanol–water partition coefficient (Wildman–Crippen LogP) is 1.92. The number of alkyl halides is 1. The van der Waals surface area contributed by atoms with E-state index in [0.717, 1.165) is 19.3 Å². The molecule has 1 N–H and O–H groups in total. The number of carbonyl (C=O) groups is 1. The summed E-state index contributed by atoms with van der Waals surface area (Å²) in [6, 6.07) is 0.422. The summed E-state index contributed by atoms with van der Waals surface area (Å²) in [5, 5.41) is 2.55. The van der Waals surface area contributed by atoms with Crippen molar-refractivity contribution in [2.45, 2.75) is 44.5 Å². The van der Waals surface area contributed by atoms with Crippen molar-refractivity contribution in [3.63, 3.8) is 0 Å². The minimum atomic E-state index is -0.342. The van der Waals surface area contributed by atoms with Gasteiger partial charge in [0, 0.05) is 6.04 Å². The van der Waals surface area contributed by atoms with Gasteiger partial charge in [0.2, 0.25) is 5.91 Å². The Hall–Kier alpha value is -0.240. The normalized spacial score (nSPS) is 19.3. The molecule has 0 aliphatic heterocycles. The Morgan fingerprint density at radius 2 is 2.17 bits per heavy atom. The lowest BCUT2D eigenvalue weighted by Gasteiger charge is -2.11. The Morgan fingerprint density at radius 1 is 1.58 bits per heavy atom. The summed E-state index contributed by atoms with van der Waals surface area (Å²) in [6.07, 6.45) is 3.01. The van der Waals surface area contributed by atoms with Crippen LogP contribution in [-0.4, -0.2) is 17.3 Å². The van der Waals surface area contributed by atoms with Crippen molar-refractivity contribution < 1.29 is 4.79 Å². The van der Waals surface area contributed by atoms with E-state index >= 15 is 0 Å². The molecule has 12 heavy (non-hydrogen) atoms. The Balaban J connectivity index is 2.19. The standard InChI is InChI=1S/C9H16ClNO/c1-6(2)5-8(10)9(12)11-7-3-4-7/h6-8H,3-5H2,1-2H3,(H,11,12). The third kappa shape index (κ3) is 3.44. The van der Waals surface area contributed by atoms with Crippen molar-refractivity contribution in [3.05, 3.63) is 0 Å². The van der Waals surface area contributed by atoms with E-state index in [9.17, 15) is 4.79 Å². The van der Waals surface area contributed by atoms with Crippen molar-refractivity contribution in [2.24, 2.45) is 5.92 Å². The second-order valence-electron chi connectivity index (χ2n) is 3.88. The summed E-state index contributed by atoms with van der Waals surface area (Å²) >= 11 is 5.89. The van der Waals surface area contributed by atoms with Crippen LogP contribution in [0.15, 0.2) is 0 Å². The van der Waals surface area contributed by atoms with Gasteiger partial charge in [0.15, 0.2) is 0 Å². The third-order valence-electron chi connectivity index (χ3n) is 1.89. The summed E-state index contributed by atoms with van der Waals surface area (Å²) in [4.78, 5) is 11.3. The average molecular weight is 190 g/mol. The van der Waals surface area contributed by atoms with Crippen LogP contribution in [0.1, 0.15) is 33.1 Å². The topological polar surface area (TPSA) is 29.1 Å². The maximum Gasteiger partial charge on any atom is 0.238 e. The van der Waals surface area contributed by atoms with Crippen LogP contribution < -0.4 is 5.32 Å². The van der Waals surface area contributed by atoms with E-state index in [1.54, 1.807) is 0 Å². The molecule has 1 saturated carbocycles. The monoisotopic (exact) mass is 189 g/mol. The van der Waals surface area contributed by atoms with Gasteiger partial charge in [-0.15, -0.1) is 11.6 Å². The number of carbonyl (C=O) groups excluding carboxylic acids is 1. The van der Waals surface area contributed by atoms with Crippen molar-refractivity contribution in [1.82, 2.24) is 5.32 Å². The van der Waals surface area contributed by atoms with Crippen molar-refractivity contribution in [3.8, 4) is 0 Å². The summed E-state index contributed by atoms with van der Waals surface area (Å²) < 4.78 is 0. The van der Waals surface area contributed by atoms with Crippen LogP contribution >= 0.6 is 11.6 Å². The van der Waals surface area contributed by atoms with E-state index in [4.69, 9.17) is 11.6 Å². The van der Waals surface area contributed by atoms with Gasteiger partial charge in [-0.05, 0) is 25.2 Å². The van der Waals surface area contributed by atoms with E-state index in [1.807, 2.05) is 0 Å². The minimum absolute atomic E-state index is 0.00728. The SMILES string of the molecule is CC(C)CC(Cl)C(=O)NC1CC1. The highest BCUT2D eigenvalue weighted by atomic mass is 35.5. The lowest BCUT2D eigenvalue weighted by molar-refractivity contribution is -0.121. The summed E-state index contributed by atoms with van der Waals surface area (Å²) in [5.41, 5.74) is 0. The lowest BCUT2D eigenvalue weighted by atomic mass is 10.1. The highest BCUT2D eigenvalue weighted by Gasteiger charge is 2.26. The van der Waals surface area contributed by atoms with Crippen LogP contribution in [0.25, 0.3) is 0 Å². The number of halogens is 1. The Kier molecular flexibility index (Phi) is 3.39. The second kappa shape index (κ2) is 4.13. The van der Waals surface area contributed by atoms with E-state index in [2.05, 4.69) is 19.2 Å². The van der Waals surface area contributed by atoms with Crippen LogP contribution in [0.4, 0.5) is 0 Å². The molecule has 2 nitrogen and oxygen atoms in total. The van der Waals surface area contributed by atoms with Crippen molar-refractivity contribution in [1.29, 1.82) is 0 Å². The van der Waals surface area contributed by atoms with Gasteiger partial charge in [-0.3, -0.25) is 4.79 Å². The zero-order valence-electron chi connectivity index (χ0n) is 7.64. The molecular weight excluding hydrogens is 174 g/mol. The molecule has 1 amide bonds. The van der Waals surface area contributed by atoms with E-state index in [1.165, 1.54) is 0 Å². The molecule has 0 spiro atoms. The number of hydrogen-bond acceptors (Lipinski definition) is 1. The second-order valence-corrected chi connectivity index (χ2v) is 4.41. The molecule has 0 aromatic heterocycles. The van der Waals surface area contributed by atoms with E-state index < -0.39 is 0 Å². The van der Waals surface area contributed by atoms with Crippen LogP contribution in [-0.2, 0) is 4.79 Å². The molecule has 0 aromatic carbocycles. The van der Waals surface area contributed by atoms with E-state index in [-0.39, 0.29) is 11.3 Å². The molecular formula is C9H16ClNO. The number of nitrogens with one attached hydrogen (secondary N) is 1.